The van der Waals surface area contributed by atoms with E-state index in [4.69, 9.17) is 0 Å². The van der Waals surface area contributed by atoms with Crippen LogP contribution in [0.15, 0.2) is 0 Å². The maximum Gasteiger partial charge on any atom is 0.0195 e. The third-order valence-electron chi connectivity index (χ3n) is 4.15. The molecule has 1 N–H and O–H groups in total. The Balaban J connectivity index is 2.27. The Morgan fingerprint density at radius 2 is 1.75 bits per heavy atom. The zero-order valence-corrected chi connectivity index (χ0v) is 11.6. The van der Waals surface area contributed by atoms with E-state index in [-0.39, 0.29) is 0 Å². The van der Waals surface area contributed by atoms with Gasteiger partial charge in [-0.1, -0.05) is 26.7 Å². The van der Waals surface area contributed by atoms with Crippen LogP contribution in [0.5, 0.6) is 0 Å². The molecule has 2 nitrogen and oxygen atoms in total. The Hall–Kier alpha value is -0.0800. The summed E-state index contributed by atoms with van der Waals surface area (Å²) in [7, 11) is 0. The lowest BCUT2D eigenvalue weighted by atomic mass is 10.1. The summed E-state index contributed by atoms with van der Waals surface area (Å²) < 4.78 is 0. The van der Waals surface area contributed by atoms with Gasteiger partial charge in [-0.25, -0.2) is 0 Å². The summed E-state index contributed by atoms with van der Waals surface area (Å²) in [6.45, 7) is 11.6. The van der Waals surface area contributed by atoms with Crippen LogP contribution >= 0.6 is 0 Å². The monoisotopic (exact) mass is 226 g/mol. The minimum atomic E-state index is 0.667. The molecule has 0 spiro atoms. The van der Waals surface area contributed by atoms with Gasteiger partial charge in [0.1, 0.15) is 0 Å². The van der Waals surface area contributed by atoms with Gasteiger partial charge in [-0.05, 0) is 39.7 Å². The zero-order chi connectivity index (χ0) is 12.0. The summed E-state index contributed by atoms with van der Waals surface area (Å²) in [5.74, 6) is 0. The molecule has 0 aromatic carbocycles. The van der Waals surface area contributed by atoms with Crippen LogP contribution in [0.4, 0.5) is 0 Å². The average molecular weight is 226 g/mol. The second-order valence-corrected chi connectivity index (χ2v) is 5.33. The molecule has 0 heterocycles. The van der Waals surface area contributed by atoms with Crippen molar-refractivity contribution in [2.45, 2.75) is 77.9 Å². The number of hydrogen-bond acceptors (Lipinski definition) is 2. The molecule has 0 saturated heterocycles. The molecule has 0 aromatic heterocycles. The largest absolute Gasteiger partial charge is 0.312 e. The highest BCUT2D eigenvalue weighted by Crippen LogP contribution is 2.18. The molecule has 1 saturated carbocycles. The third-order valence-corrected chi connectivity index (χ3v) is 4.15. The molecule has 0 aromatic rings. The fourth-order valence-corrected chi connectivity index (χ4v) is 2.88. The number of nitrogens with zero attached hydrogens (tertiary/aromatic N) is 1. The van der Waals surface area contributed by atoms with E-state index in [9.17, 15) is 0 Å². The van der Waals surface area contributed by atoms with Gasteiger partial charge in [-0.3, -0.25) is 4.90 Å². The first-order valence-electron chi connectivity index (χ1n) is 7.18. The van der Waals surface area contributed by atoms with Crippen molar-refractivity contribution in [1.82, 2.24) is 10.2 Å². The SMILES string of the molecule is CCC(C)N(CC)C(C)CNC1CCCC1. The van der Waals surface area contributed by atoms with Crippen LogP contribution in [0.1, 0.15) is 59.8 Å². The first-order valence-corrected chi connectivity index (χ1v) is 7.18. The number of rotatable bonds is 7. The van der Waals surface area contributed by atoms with Crippen LogP contribution in [0, 0.1) is 0 Å². The Labute approximate surface area is 102 Å². The van der Waals surface area contributed by atoms with E-state index in [0.717, 1.165) is 12.6 Å². The molecule has 2 heteroatoms. The molecule has 1 aliphatic rings. The maximum absolute atomic E-state index is 3.73. The molecule has 1 aliphatic carbocycles. The Morgan fingerprint density at radius 3 is 2.25 bits per heavy atom. The summed E-state index contributed by atoms with van der Waals surface area (Å²) in [6, 6.07) is 2.18. The molecule has 0 bridgehead atoms. The van der Waals surface area contributed by atoms with Crippen molar-refractivity contribution in [3.63, 3.8) is 0 Å². The normalized spacial score (nSPS) is 21.6. The average Bonchev–Trinajstić information content (AvgIpc) is 2.79. The molecule has 96 valence electrons. The first kappa shape index (κ1) is 14.0. The molecule has 1 rings (SSSR count). The van der Waals surface area contributed by atoms with Crippen molar-refractivity contribution in [2.75, 3.05) is 13.1 Å². The maximum atomic E-state index is 3.73. The highest BCUT2D eigenvalue weighted by Gasteiger charge is 2.19. The van der Waals surface area contributed by atoms with Crippen LogP contribution in [0.2, 0.25) is 0 Å². The van der Waals surface area contributed by atoms with Crippen molar-refractivity contribution in [1.29, 1.82) is 0 Å². The quantitative estimate of drug-likeness (QED) is 0.718. The zero-order valence-electron chi connectivity index (χ0n) is 11.6. The second-order valence-electron chi connectivity index (χ2n) is 5.33. The van der Waals surface area contributed by atoms with Crippen LogP contribution in [-0.4, -0.2) is 36.1 Å². The van der Waals surface area contributed by atoms with Crippen LogP contribution in [0.25, 0.3) is 0 Å². The smallest absolute Gasteiger partial charge is 0.0195 e. The highest BCUT2D eigenvalue weighted by atomic mass is 15.2. The van der Waals surface area contributed by atoms with E-state index in [1.807, 2.05) is 0 Å². The fourth-order valence-electron chi connectivity index (χ4n) is 2.88. The van der Waals surface area contributed by atoms with Gasteiger partial charge in [-0.15, -0.1) is 0 Å². The van der Waals surface area contributed by atoms with Crippen LogP contribution in [-0.2, 0) is 0 Å². The van der Waals surface area contributed by atoms with Crippen LogP contribution < -0.4 is 5.32 Å². The molecular formula is C14H30N2. The van der Waals surface area contributed by atoms with E-state index in [2.05, 4.69) is 37.9 Å². The van der Waals surface area contributed by atoms with Crippen molar-refractivity contribution in [3.8, 4) is 0 Å². The lowest BCUT2D eigenvalue weighted by Gasteiger charge is -2.34. The minimum absolute atomic E-state index is 0.667. The van der Waals surface area contributed by atoms with E-state index in [1.54, 1.807) is 0 Å². The van der Waals surface area contributed by atoms with Crippen LogP contribution in [0.3, 0.4) is 0 Å². The molecule has 16 heavy (non-hydrogen) atoms. The van der Waals surface area contributed by atoms with Gasteiger partial charge >= 0.3 is 0 Å². The highest BCUT2D eigenvalue weighted by molar-refractivity contribution is 4.78. The standard InChI is InChI=1S/C14H30N2/c1-5-12(3)16(6-2)13(4)11-15-14-9-7-8-10-14/h12-15H,5-11H2,1-4H3. The van der Waals surface area contributed by atoms with Gasteiger partial charge in [0.15, 0.2) is 0 Å². The van der Waals surface area contributed by atoms with Crippen molar-refractivity contribution < 1.29 is 0 Å². The van der Waals surface area contributed by atoms with Gasteiger partial charge < -0.3 is 5.32 Å². The fraction of sp³-hybridized carbons (Fsp3) is 1.00. The van der Waals surface area contributed by atoms with E-state index >= 15 is 0 Å². The summed E-state index contributed by atoms with van der Waals surface area (Å²) in [5.41, 5.74) is 0. The summed E-state index contributed by atoms with van der Waals surface area (Å²) in [4.78, 5) is 2.61. The Bertz CT molecular complexity index is 176. The number of nitrogens with one attached hydrogen (secondary N) is 1. The van der Waals surface area contributed by atoms with E-state index < -0.39 is 0 Å². The van der Waals surface area contributed by atoms with Crippen molar-refractivity contribution in [2.24, 2.45) is 0 Å². The summed E-state index contributed by atoms with van der Waals surface area (Å²) in [5, 5.41) is 3.73. The third kappa shape index (κ3) is 4.06. The topological polar surface area (TPSA) is 15.3 Å². The molecule has 1 fully saturated rings. The van der Waals surface area contributed by atoms with Gasteiger partial charge in [-0.2, -0.15) is 0 Å². The van der Waals surface area contributed by atoms with Gasteiger partial charge in [0.05, 0.1) is 0 Å². The molecule has 0 amide bonds. The minimum Gasteiger partial charge on any atom is -0.312 e. The van der Waals surface area contributed by atoms with Gasteiger partial charge in [0.2, 0.25) is 0 Å². The Kier molecular flexibility index (Phi) is 6.37. The molecule has 2 unspecified atom stereocenters. The number of likely N-dealkylation sites (N-methyl/N-ethyl adjacent to an activating group) is 1. The molecule has 0 aliphatic heterocycles. The van der Waals surface area contributed by atoms with Gasteiger partial charge in [0, 0.05) is 24.7 Å². The Morgan fingerprint density at radius 1 is 1.12 bits per heavy atom. The van der Waals surface area contributed by atoms with Crippen molar-refractivity contribution >= 4 is 0 Å². The first-order chi connectivity index (χ1) is 7.69. The molecular weight excluding hydrogens is 196 g/mol. The predicted octanol–water partition coefficient (Wildman–Crippen LogP) is 3.03. The van der Waals surface area contributed by atoms with Crippen molar-refractivity contribution in [3.05, 3.63) is 0 Å². The predicted molar refractivity (Wildman–Crippen MR) is 71.9 cm³/mol. The van der Waals surface area contributed by atoms with Gasteiger partial charge in [0.25, 0.3) is 0 Å². The summed E-state index contributed by atoms with van der Waals surface area (Å²) >= 11 is 0. The van der Waals surface area contributed by atoms with E-state index in [1.165, 1.54) is 38.6 Å². The number of hydrogen-bond donors (Lipinski definition) is 1. The second kappa shape index (κ2) is 7.29. The molecule has 0 radical (unpaired) electrons. The summed E-state index contributed by atoms with van der Waals surface area (Å²) in [6.07, 6.45) is 6.88. The lowest BCUT2D eigenvalue weighted by Crippen LogP contribution is -2.46. The van der Waals surface area contributed by atoms with E-state index in [0.29, 0.717) is 12.1 Å². The lowest BCUT2D eigenvalue weighted by molar-refractivity contribution is 0.153. The molecule has 2 atom stereocenters.